The molecule has 7 nitrogen and oxygen atoms in total. The van der Waals surface area contributed by atoms with Crippen LogP contribution in [0.3, 0.4) is 0 Å². The average molecular weight is 399 g/mol. The third-order valence-corrected chi connectivity index (χ3v) is 4.69. The highest BCUT2D eigenvalue weighted by Gasteiger charge is 2.16. The van der Waals surface area contributed by atoms with Gasteiger partial charge in [-0.1, -0.05) is 45.4 Å². The van der Waals surface area contributed by atoms with Gasteiger partial charge in [0.05, 0.1) is 5.71 Å². The van der Waals surface area contributed by atoms with Crippen LogP contribution < -0.4 is 5.43 Å². The second-order valence-electron chi connectivity index (χ2n) is 6.94. The first-order valence-electron chi connectivity index (χ1n) is 10.1. The van der Waals surface area contributed by atoms with Crippen molar-refractivity contribution in [3.63, 3.8) is 0 Å². The van der Waals surface area contributed by atoms with E-state index in [-0.39, 0.29) is 5.56 Å². The fraction of sp³-hybridized carbons (Fsp3) is 0.409. The van der Waals surface area contributed by atoms with Gasteiger partial charge in [0.15, 0.2) is 11.5 Å². The summed E-state index contributed by atoms with van der Waals surface area (Å²) in [6.45, 7) is 2.18. The van der Waals surface area contributed by atoms with Gasteiger partial charge in [0.2, 0.25) is 5.75 Å². The number of hydrogen-bond donors (Lipinski definition) is 4. The smallest absolute Gasteiger partial charge is 0.271 e. The lowest BCUT2D eigenvalue weighted by atomic mass is 10.0. The Kier molecular flexibility index (Phi) is 8.95. The summed E-state index contributed by atoms with van der Waals surface area (Å²) in [6, 6.07) is 5.91. The largest absolute Gasteiger partial charge is 0.504 e. The molecule has 0 saturated carbocycles. The van der Waals surface area contributed by atoms with Gasteiger partial charge < -0.3 is 15.3 Å². The Bertz CT molecular complexity index is 822. The molecule has 0 saturated heterocycles. The van der Waals surface area contributed by atoms with Crippen molar-refractivity contribution in [2.45, 2.75) is 58.3 Å². The van der Waals surface area contributed by atoms with Crippen molar-refractivity contribution >= 4 is 11.6 Å². The minimum absolute atomic E-state index is 0.279. The number of nitrogens with zero attached hydrogens (tertiary/aromatic N) is 2. The van der Waals surface area contributed by atoms with E-state index < -0.39 is 23.2 Å². The zero-order valence-electron chi connectivity index (χ0n) is 16.8. The van der Waals surface area contributed by atoms with Gasteiger partial charge in [-0.05, 0) is 37.1 Å². The van der Waals surface area contributed by atoms with Crippen molar-refractivity contribution in [3.8, 4) is 17.2 Å². The van der Waals surface area contributed by atoms with Crippen molar-refractivity contribution in [2.24, 2.45) is 5.10 Å². The van der Waals surface area contributed by atoms with Crippen LogP contribution in [0.25, 0.3) is 0 Å². The fourth-order valence-electron chi connectivity index (χ4n) is 2.99. The Balaban J connectivity index is 2.09. The molecule has 0 aliphatic carbocycles. The highest BCUT2D eigenvalue weighted by atomic mass is 16.3. The Morgan fingerprint density at radius 3 is 2.28 bits per heavy atom. The van der Waals surface area contributed by atoms with Crippen molar-refractivity contribution in [3.05, 3.63) is 47.8 Å². The fourth-order valence-corrected chi connectivity index (χ4v) is 2.99. The van der Waals surface area contributed by atoms with Crippen LogP contribution in [0.2, 0.25) is 0 Å². The van der Waals surface area contributed by atoms with Crippen molar-refractivity contribution in [2.75, 3.05) is 0 Å². The van der Waals surface area contributed by atoms with Crippen LogP contribution in [0.5, 0.6) is 17.2 Å². The summed E-state index contributed by atoms with van der Waals surface area (Å²) in [6.07, 6.45) is 11.4. The molecule has 1 heterocycles. The van der Waals surface area contributed by atoms with Gasteiger partial charge in [-0.25, -0.2) is 5.43 Å². The first-order chi connectivity index (χ1) is 14.0. The molecule has 2 aromatic rings. The van der Waals surface area contributed by atoms with Gasteiger partial charge in [0.25, 0.3) is 5.91 Å². The van der Waals surface area contributed by atoms with E-state index in [9.17, 15) is 20.1 Å². The first-order valence-corrected chi connectivity index (χ1v) is 10.1. The van der Waals surface area contributed by atoms with Crippen LogP contribution in [0.1, 0.15) is 74.2 Å². The first kappa shape index (κ1) is 22.2. The highest BCUT2D eigenvalue weighted by molar-refractivity contribution is 6.04. The number of unbranched alkanes of at least 4 members (excludes halogenated alkanes) is 6. The van der Waals surface area contributed by atoms with E-state index in [1.165, 1.54) is 50.2 Å². The maximum atomic E-state index is 12.3. The lowest BCUT2D eigenvalue weighted by Crippen LogP contribution is -2.20. The monoisotopic (exact) mass is 399 g/mol. The predicted octanol–water partition coefficient (Wildman–Crippen LogP) is 4.47. The minimum atomic E-state index is -0.602. The third kappa shape index (κ3) is 6.78. The van der Waals surface area contributed by atoms with Crippen LogP contribution in [0.4, 0.5) is 0 Å². The standard InChI is InChI=1S/C22H29N3O4/c1-2-3-4-5-6-7-8-9-18(17-10-11-19(26)21(28)20(17)27)24-25-22(29)16-12-14-23-15-13-16/h10-15,26-28H,2-9H2,1H3,(H,25,29)/b24-18-. The topological polar surface area (TPSA) is 115 Å². The number of carbonyl (C=O) groups excluding carboxylic acids is 1. The Morgan fingerprint density at radius 2 is 1.59 bits per heavy atom. The minimum Gasteiger partial charge on any atom is -0.504 e. The summed E-state index contributed by atoms with van der Waals surface area (Å²) in [7, 11) is 0. The van der Waals surface area contributed by atoms with Crippen molar-refractivity contribution in [1.29, 1.82) is 0 Å². The third-order valence-electron chi connectivity index (χ3n) is 4.69. The Labute approximate surface area is 171 Å². The molecular formula is C22H29N3O4. The molecule has 0 spiro atoms. The van der Waals surface area contributed by atoms with Crippen LogP contribution in [-0.4, -0.2) is 31.9 Å². The van der Waals surface area contributed by atoms with E-state index in [2.05, 4.69) is 22.4 Å². The van der Waals surface area contributed by atoms with E-state index in [1.807, 2.05) is 0 Å². The molecule has 4 N–H and O–H groups in total. The second-order valence-corrected chi connectivity index (χ2v) is 6.94. The predicted molar refractivity (Wildman–Crippen MR) is 112 cm³/mol. The van der Waals surface area contributed by atoms with Gasteiger partial charge in [0, 0.05) is 23.5 Å². The SMILES string of the molecule is CCCCCCCCC/C(=N/NC(=O)c1ccncc1)c1ccc(O)c(O)c1O. The molecule has 156 valence electrons. The lowest BCUT2D eigenvalue weighted by Gasteiger charge is -2.11. The zero-order chi connectivity index (χ0) is 21.1. The lowest BCUT2D eigenvalue weighted by molar-refractivity contribution is 0.0954. The van der Waals surface area contributed by atoms with Crippen LogP contribution >= 0.6 is 0 Å². The number of rotatable bonds is 11. The number of pyridine rings is 1. The van der Waals surface area contributed by atoms with Crippen LogP contribution in [0.15, 0.2) is 41.8 Å². The Morgan fingerprint density at radius 1 is 0.931 bits per heavy atom. The van der Waals surface area contributed by atoms with Crippen molar-refractivity contribution < 1.29 is 20.1 Å². The molecule has 0 fully saturated rings. The van der Waals surface area contributed by atoms with Gasteiger partial charge in [0.1, 0.15) is 0 Å². The molecule has 0 radical (unpaired) electrons. The number of nitrogens with one attached hydrogen (secondary N) is 1. The van der Waals surface area contributed by atoms with Gasteiger partial charge in [-0.2, -0.15) is 5.10 Å². The van der Waals surface area contributed by atoms with E-state index in [0.29, 0.717) is 17.7 Å². The number of hydrazone groups is 1. The molecule has 0 unspecified atom stereocenters. The van der Waals surface area contributed by atoms with E-state index >= 15 is 0 Å². The number of carbonyl (C=O) groups is 1. The van der Waals surface area contributed by atoms with Gasteiger partial charge in [-0.15, -0.1) is 0 Å². The molecule has 0 aliphatic rings. The number of phenolic OH excluding ortho intramolecular Hbond substituents is 3. The Hall–Kier alpha value is -3.09. The number of aromatic hydroxyl groups is 3. The molecule has 2 rings (SSSR count). The van der Waals surface area contributed by atoms with Crippen LogP contribution in [0, 0.1) is 0 Å². The maximum absolute atomic E-state index is 12.3. The summed E-state index contributed by atoms with van der Waals surface area (Å²) in [4.78, 5) is 16.1. The molecule has 29 heavy (non-hydrogen) atoms. The molecule has 7 heteroatoms. The second kappa shape index (κ2) is 11.7. The molecule has 0 bridgehead atoms. The summed E-state index contributed by atoms with van der Waals surface area (Å²) in [5.41, 5.74) is 3.63. The molecule has 0 aliphatic heterocycles. The number of hydrogen-bond acceptors (Lipinski definition) is 6. The average Bonchev–Trinajstić information content (AvgIpc) is 2.74. The van der Waals surface area contributed by atoms with Crippen LogP contribution in [-0.2, 0) is 0 Å². The summed E-state index contributed by atoms with van der Waals surface area (Å²) in [5.74, 6) is -1.87. The zero-order valence-corrected chi connectivity index (χ0v) is 16.8. The van der Waals surface area contributed by atoms with Crippen molar-refractivity contribution in [1.82, 2.24) is 10.4 Å². The normalized spacial score (nSPS) is 11.4. The quantitative estimate of drug-likeness (QED) is 0.193. The van der Waals surface area contributed by atoms with E-state index in [4.69, 9.17) is 0 Å². The molecule has 1 aromatic carbocycles. The maximum Gasteiger partial charge on any atom is 0.271 e. The molecule has 0 atom stereocenters. The van der Waals surface area contributed by atoms with Gasteiger partial charge >= 0.3 is 0 Å². The number of aromatic nitrogens is 1. The van der Waals surface area contributed by atoms with E-state index in [0.717, 1.165) is 19.3 Å². The summed E-state index contributed by atoms with van der Waals surface area (Å²) in [5, 5.41) is 33.8. The molecule has 1 aromatic heterocycles. The highest BCUT2D eigenvalue weighted by Crippen LogP contribution is 2.37. The molecular weight excluding hydrogens is 370 g/mol. The summed E-state index contributed by atoms with van der Waals surface area (Å²) < 4.78 is 0. The number of amides is 1. The van der Waals surface area contributed by atoms with E-state index in [1.54, 1.807) is 12.1 Å². The summed E-state index contributed by atoms with van der Waals surface area (Å²) >= 11 is 0. The molecule has 1 amide bonds. The number of phenols is 3. The van der Waals surface area contributed by atoms with Gasteiger partial charge in [-0.3, -0.25) is 9.78 Å². The number of benzene rings is 1.